The normalized spacial score (nSPS) is 11.3. The second kappa shape index (κ2) is 6.86. The van der Waals surface area contributed by atoms with Gasteiger partial charge in [-0.1, -0.05) is 44.2 Å². The minimum Gasteiger partial charge on any atom is -0.321 e. The number of carbonyl (C=O) groups is 1. The first-order chi connectivity index (χ1) is 10.9. The number of benzene rings is 2. The second-order valence-corrected chi connectivity index (χ2v) is 5.16. The molecule has 0 saturated heterocycles. The molecule has 5 heteroatoms. The van der Waals surface area contributed by atoms with Crippen molar-refractivity contribution in [2.75, 3.05) is 5.32 Å². The zero-order chi connectivity index (χ0) is 17.0. The molecule has 0 aliphatic heterocycles. The molecule has 0 saturated carbocycles. The fraction of sp³-hybridized carbons (Fsp3) is 0.278. The van der Waals surface area contributed by atoms with Gasteiger partial charge in [-0.15, -0.1) is 0 Å². The highest BCUT2D eigenvalue weighted by molar-refractivity contribution is 6.06. The third kappa shape index (κ3) is 3.73. The summed E-state index contributed by atoms with van der Waals surface area (Å²) in [7, 11) is 0. The molecule has 2 rings (SSSR count). The first-order valence-corrected chi connectivity index (χ1v) is 7.46. The summed E-state index contributed by atoms with van der Waals surface area (Å²) < 4.78 is 39.2. The van der Waals surface area contributed by atoms with Crippen LogP contribution in [0.5, 0.6) is 0 Å². The van der Waals surface area contributed by atoms with Crippen molar-refractivity contribution >= 4 is 11.6 Å². The number of rotatable bonds is 4. The highest BCUT2D eigenvalue weighted by atomic mass is 19.4. The van der Waals surface area contributed by atoms with Crippen LogP contribution < -0.4 is 5.32 Å². The minimum absolute atomic E-state index is 0.368. The van der Waals surface area contributed by atoms with Crippen molar-refractivity contribution in [2.45, 2.75) is 32.9 Å². The molecule has 0 radical (unpaired) electrons. The highest BCUT2D eigenvalue weighted by Crippen LogP contribution is 2.32. The lowest BCUT2D eigenvalue weighted by Gasteiger charge is -2.16. The molecule has 0 unspecified atom stereocenters. The monoisotopic (exact) mass is 321 g/mol. The van der Waals surface area contributed by atoms with Crippen LogP contribution in [0.3, 0.4) is 0 Å². The molecule has 0 aliphatic rings. The van der Waals surface area contributed by atoms with Crippen molar-refractivity contribution in [3.8, 4) is 0 Å². The number of hydrogen-bond acceptors (Lipinski definition) is 1. The molecule has 0 bridgehead atoms. The number of hydrogen-bond donors (Lipinski definition) is 1. The lowest BCUT2D eigenvalue weighted by atomic mass is 10.0. The van der Waals surface area contributed by atoms with Crippen molar-refractivity contribution in [3.05, 3.63) is 64.7 Å². The van der Waals surface area contributed by atoms with E-state index >= 15 is 0 Å². The van der Waals surface area contributed by atoms with E-state index in [0.29, 0.717) is 18.5 Å². The maximum Gasteiger partial charge on any atom is 0.417 e. The zero-order valence-electron chi connectivity index (χ0n) is 13.0. The van der Waals surface area contributed by atoms with E-state index in [9.17, 15) is 18.0 Å². The first kappa shape index (κ1) is 17.1. The van der Waals surface area contributed by atoms with Crippen molar-refractivity contribution < 1.29 is 18.0 Å². The number of anilines is 1. The summed E-state index contributed by atoms with van der Waals surface area (Å²) in [6.07, 6.45) is -3.19. The fourth-order valence-corrected chi connectivity index (χ4v) is 2.51. The fourth-order valence-electron chi connectivity index (χ4n) is 2.51. The number of aryl methyl sites for hydroxylation is 2. The number of alkyl halides is 3. The van der Waals surface area contributed by atoms with Crippen LogP contribution in [0, 0.1) is 0 Å². The summed E-state index contributed by atoms with van der Waals surface area (Å²) in [6.45, 7) is 3.88. The lowest BCUT2D eigenvalue weighted by molar-refractivity contribution is -0.137. The van der Waals surface area contributed by atoms with Gasteiger partial charge in [0.25, 0.3) is 5.91 Å². The Bertz CT molecular complexity index is 685. The Hall–Kier alpha value is -2.30. The Kier molecular flexibility index (Phi) is 5.08. The van der Waals surface area contributed by atoms with E-state index in [2.05, 4.69) is 5.32 Å². The van der Waals surface area contributed by atoms with E-state index in [1.807, 2.05) is 32.0 Å². The average molecular weight is 321 g/mol. The molecule has 0 fully saturated rings. The standard InChI is InChI=1S/C18H18F3NO/c1-3-12-8-7-9-13(4-2)16(12)22-17(23)14-10-5-6-11-15(14)18(19,20)21/h5-11H,3-4H2,1-2H3,(H,22,23). The maximum atomic E-state index is 13.1. The van der Waals surface area contributed by atoms with Gasteiger partial charge in [-0.3, -0.25) is 4.79 Å². The summed E-state index contributed by atoms with van der Waals surface area (Å²) >= 11 is 0. The van der Waals surface area contributed by atoms with E-state index in [1.54, 1.807) is 0 Å². The smallest absolute Gasteiger partial charge is 0.321 e. The van der Waals surface area contributed by atoms with Gasteiger partial charge >= 0.3 is 6.18 Å². The number of carbonyl (C=O) groups excluding carboxylic acids is 1. The quantitative estimate of drug-likeness (QED) is 0.835. The Morgan fingerprint density at radius 2 is 1.52 bits per heavy atom. The molecule has 0 spiro atoms. The summed E-state index contributed by atoms with van der Waals surface area (Å²) in [5.41, 5.74) is 1.13. The molecule has 2 aromatic carbocycles. The van der Waals surface area contributed by atoms with Crippen LogP contribution in [-0.2, 0) is 19.0 Å². The Morgan fingerprint density at radius 1 is 0.957 bits per heavy atom. The van der Waals surface area contributed by atoms with Gasteiger partial charge in [0, 0.05) is 5.69 Å². The predicted octanol–water partition coefficient (Wildman–Crippen LogP) is 5.08. The summed E-state index contributed by atoms with van der Waals surface area (Å²) in [5, 5.41) is 2.67. The lowest BCUT2D eigenvalue weighted by Crippen LogP contribution is -2.20. The van der Waals surface area contributed by atoms with Crippen LogP contribution in [-0.4, -0.2) is 5.91 Å². The van der Waals surface area contributed by atoms with E-state index in [-0.39, 0.29) is 5.56 Å². The van der Waals surface area contributed by atoms with Crippen molar-refractivity contribution in [2.24, 2.45) is 0 Å². The van der Waals surface area contributed by atoms with Gasteiger partial charge < -0.3 is 5.32 Å². The second-order valence-electron chi connectivity index (χ2n) is 5.16. The molecule has 1 N–H and O–H groups in total. The molecular formula is C18H18F3NO. The minimum atomic E-state index is -4.56. The van der Waals surface area contributed by atoms with Crippen LogP contribution >= 0.6 is 0 Å². The van der Waals surface area contributed by atoms with Gasteiger partial charge in [0.05, 0.1) is 11.1 Å². The first-order valence-electron chi connectivity index (χ1n) is 7.46. The van der Waals surface area contributed by atoms with Crippen LogP contribution in [0.1, 0.15) is 40.9 Å². The molecule has 0 aliphatic carbocycles. The van der Waals surface area contributed by atoms with Gasteiger partial charge in [-0.25, -0.2) is 0 Å². The van der Waals surface area contributed by atoms with E-state index in [1.165, 1.54) is 18.2 Å². The van der Waals surface area contributed by atoms with Crippen molar-refractivity contribution in [1.29, 1.82) is 0 Å². The number of nitrogens with one attached hydrogen (secondary N) is 1. The summed E-state index contributed by atoms with van der Waals surface area (Å²) in [6, 6.07) is 10.4. The number of amides is 1. The Labute approximate surface area is 133 Å². The predicted molar refractivity (Wildman–Crippen MR) is 84.6 cm³/mol. The van der Waals surface area contributed by atoms with Gasteiger partial charge in [-0.2, -0.15) is 13.2 Å². The Morgan fingerprint density at radius 3 is 2.04 bits per heavy atom. The molecular weight excluding hydrogens is 303 g/mol. The molecule has 2 nitrogen and oxygen atoms in total. The molecule has 0 atom stereocenters. The average Bonchev–Trinajstić information content (AvgIpc) is 2.54. The van der Waals surface area contributed by atoms with Crippen molar-refractivity contribution in [1.82, 2.24) is 0 Å². The Balaban J connectivity index is 2.42. The largest absolute Gasteiger partial charge is 0.417 e. The molecule has 2 aromatic rings. The zero-order valence-corrected chi connectivity index (χ0v) is 13.0. The van der Waals surface area contributed by atoms with Crippen molar-refractivity contribution in [3.63, 3.8) is 0 Å². The number of halogens is 3. The van der Waals surface area contributed by atoms with Gasteiger partial charge in [0.2, 0.25) is 0 Å². The molecule has 23 heavy (non-hydrogen) atoms. The van der Waals surface area contributed by atoms with Crippen LogP contribution in [0.4, 0.5) is 18.9 Å². The van der Waals surface area contributed by atoms with E-state index < -0.39 is 17.6 Å². The van der Waals surface area contributed by atoms with E-state index in [4.69, 9.17) is 0 Å². The molecule has 1 amide bonds. The summed E-state index contributed by atoms with van der Waals surface area (Å²) in [4.78, 5) is 12.4. The highest BCUT2D eigenvalue weighted by Gasteiger charge is 2.34. The third-order valence-corrected chi connectivity index (χ3v) is 3.71. The topological polar surface area (TPSA) is 29.1 Å². The molecule has 122 valence electrons. The number of para-hydroxylation sites is 1. The van der Waals surface area contributed by atoms with Crippen LogP contribution in [0.15, 0.2) is 42.5 Å². The maximum absolute atomic E-state index is 13.1. The van der Waals surface area contributed by atoms with Crippen LogP contribution in [0.2, 0.25) is 0 Å². The molecule has 0 aromatic heterocycles. The SMILES string of the molecule is CCc1cccc(CC)c1NC(=O)c1ccccc1C(F)(F)F. The summed E-state index contributed by atoms with van der Waals surface area (Å²) in [5.74, 6) is -0.742. The van der Waals surface area contributed by atoms with Gasteiger partial charge in [0.1, 0.15) is 0 Å². The third-order valence-electron chi connectivity index (χ3n) is 3.71. The van der Waals surface area contributed by atoms with Gasteiger partial charge in [-0.05, 0) is 36.1 Å². The van der Waals surface area contributed by atoms with Crippen LogP contribution in [0.25, 0.3) is 0 Å². The van der Waals surface area contributed by atoms with Gasteiger partial charge in [0.15, 0.2) is 0 Å². The van der Waals surface area contributed by atoms with E-state index in [0.717, 1.165) is 17.2 Å². The molecule has 0 heterocycles.